The highest BCUT2D eigenvalue weighted by Crippen LogP contribution is 2.26. The molecule has 0 aliphatic rings. The lowest BCUT2D eigenvalue weighted by molar-refractivity contribution is 0.402. The molecule has 0 saturated carbocycles. The third-order valence-electron chi connectivity index (χ3n) is 3.22. The second-order valence-corrected chi connectivity index (χ2v) is 5.25. The molecule has 1 aromatic rings. The van der Waals surface area contributed by atoms with Gasteiger partial charge in [0.1, 0.15) is 0 Å². The fourth-order valence-electron chi connectivity index (χ4n) is 2.43. The number of hydrogen-bond acceptors (Lipinski definition) is 1. The van der Waals surface area contributed by atoms with E-state index < -0.39 is 0 Å². The van der Waals surface area contributed by atoms with Gasteiger partial charge in [-0.1, -0.05) is 51.0 Å². The van der Waals surface area contributed by atoms with E-state index in [1.807, 2.05) is 0 Å². The summed E-state index contributed by atoms with van der Waals surface area (Å²) in [7, 11) is 4.23. The molecular formula is C16H27N. The average Bonchev–Trinajstić information content (AvgIpc) is 2.29. The molecule has 0 radical (unpaired) electrons. The zero-order valence-corrected chi connectivity index (χ0v) is 11.9. The summed E-state index contributed by atoms with van der Waals surface area (Å²) in [5, 5.41) is 0. The van der Waals surface area contributed by atoms with E-state index >= 15 is 0 Å². The fraction of sp³-hybridized carbons (Fsp3) is 0.625. The van der Waals surface area contributed by atoms with Crippen LogP contribution in [-0.2, 0) is 6.54 Å². The summed E-state index contributed by atoms with van der Waals surface area (Å²) >= 11 is 0. The molecule has 0 aromatic heterocycles. The van der Waals surface area contributed by atoms with Crippen molar-refractivity contribution in [2.45, 2.75) is 52.0 Å². The third kappa shape index (κ3) is 4.91. The first-order valence-corrected chi connectivity index (χ1v) is 6.90. The fourth-order valence-corrected chi connectivity index (χ4v) is 2.43. The van der Waals surface area contributed by atoms with Crippen molar-refractivity contribution in [1.29, 1.82) is 0 Å². The van der Waals surface area contributed by atoms with Crippen molar-refractivity contribution >= 4 is 0 Å². The highest BCUT2D eigenvalue weighted by Gasteiger charge is 2.09. The average molecular weight is 233 g/mol. The van der Waals surface area contributed by atoms with E-state index in [1.54, 1.807) is 0 Å². The van der Waals surface area contributed by atoms with Crippen molar-refractivity contribution < 1.29 is 0 Å². The predicted molar refractivity (Wildman–Crippen MR) is 76.4 cm³/mol. The van der Waals surface area contributed by atoms with Crippen molar-refractivity contribution in [3.05, 3.63) is 35.4 Å². The summed E-state index contributed by atoms with van der Waals surface area (Å²) in [6.45, 7) is 5.60. The van der Waals surface area contributed by atoms with Gasteiger partial charge in [0.2, 0.25) is 0 Å². The van der Waals surface area contributed by atoms with Gasteiger partial charge in [-0.25, -0.2) is 0 Å². The molecule has 0 spiro atoms. The molecule has 0 aliphatic heterocycles. The lowest BCUT2D eigenvalue weighted by Gasteiger charge is -2.17. The number of hydrogen-bond donors (Lipinski definition) is 0. The molecule has 0 amide bonds. The van der Waals surface area contributed by atoms with Gasteiger partial charge in [-0.2, -0.15) is 0 Å². The van der Waals surface area contributed by atoms with Crippen LogP contribution in [0, 0.1) is 0 Å². The van der Waals surface area contributed by atoms with E-state index in [0.29, 0.717) is 0 Å². The maximum atomic E-state index is 2.33. The third-order valence-corrected chi connectivity index (χ3v) is 3.22. The minimum atomic E-state index is 0.762. The SMILES string of the molecule is CCCC(CCC)c1ccc(CN(C)C)cc1. The second-order valence-electron chi connectivity index (χ2n) is 5.25. The smallest absolute Gasteiger partial charge is 0.0227 e. The minimum absolute atomic E-state index is 0.762. The zero-order chi connectivity index (χ0) is 12.7. The van der Waals surface area contributed by atoms with Gasteiger partial charge in [-0.3, -0.25) is 0 Å². The molecule has 96 valence electrons. The Morgan fingerprint density at radius 3 is 1.88 bits per heavy atom. The van der Waals surface area contributed by atoms with Crippen LogP contribution in [0.2, 0.25) is 0 Å². The quantitative estimate of drug-likeness (QED) is 0.673. The van der Waals surface area contributed by atoms with Gasteiger partial charge in [0.25, 0.3) is 0 Å². The molecule has 0 fully saturated rings. The molecule has 0 N–H and O–H groups in total. The van der Waals surface area contributed by atoms with Crippen molar-refractivity contribution in [3.63, 3.8) is 0 Å². The molecular weight excluding hydrogens is 206 g/mol. The Morgan fingerprint density at radius 1 is 0.941 bits per heavy atom. The highest BCUT2D eigenvalue weighted by atomic mass is 15.0. The molecule has 0 heterocycles. The molecule has 0 saturated heterocycles. The lowest BCUT2D eigenvalue weighted by atomic mass is 9.90. The lowest BCUT2D eigenvalue weighted by Crippen LogP contribution is -2.10. The Morgan fingerprint density at radius 2 is 1.47 bits per heavy atom. The van der Waals surface area contributed by atoms with Gasteiger partial charge in [0.05, 0.1) is 0 Å². The van der Waals surface area contributed by atoms with Crippen molar-refractivity contribution in [2.75, 3.05) is 14.1 Å². The van der Waals surface area contributed by atoms with Gasteiger partial charge in [-0.05, 0) is 44.0 Å². The van der Waals surface area contributed by atoms with Gasteiger partial charge in [0, 0.05) is 6.54 Å². The van der Waals surface area contributed by atoms with Crippen molar-refractivity contribution in [3.8, 4) is 0 Å². The van der Waals surface area contributed by atoms with E-state index in [-0.39, 0.29) is 0 Å². The topological polar surface area (TPSA) is 3.24 Å². The van der Waals surface area contributed by atoms with Gasteiger partial charge < -0.3 is 4.90 Å². The molecule has 0 bridgehead atoms. The molecule has 1 heteroatoms. The van der Waals surface area contributed by atoms with E-state index in [4.69, 9.17) is 0 Å². The molecule has 1 aromatic carbocycles. The van der Waals surface area contributed by atoms with Crippen LogP contribution in [0.1, 0.15) is 56.6 Å². The first-order valence-electron chi connectivity index (χ1n) is 6.90. The van der Waals surface area contributed by atoms with E-state index in [1.165, 1.54) is 36.8 Å². The Hall–Kier alpha value is -0.820. The van der Waals surface area contributed by atoms with E-state index in [9.17, 15) is 0 Å². The van der Waals surface area contributed by atoms with Crippen molar-refractivity contribution in [1.82, 2.24) is 4.90 Å². The first kappa shape index (κ1) is 14.2. The Bertz CT molecular complexity index is 294. The number of nitrogens with zero attached hydrogens (tertiary/aromatic N) is 1. The Labute approximate surface area is 107 Å². The summed E-state index contributed by atoms with van der Waals surface area (Å²) in [5.74, 6) is 0.762. The van der Waals surface area contributed by atoms with Crippen LogP contribution in [0.25, 0.3) is 0 Å². The standard InChI is InChI=1S/C16H27N/c1-5-7-15(8-6-2)16-11-9-14(10-12-16)13-17(3)4/h9-12,15H,5-8,13H2,1-4H3. The van der Waals surface area contributed by atoms with Gasteiger partial charge in [-0.15, -0.1) is 0 Å². The maximum absolute atomic E-state index is 2.33. The molecule has 0 unspecified atom stereocenters. The zero-order valence-electron chi connectivity index (χ0n) is 11.9. The Balaban J connectivity index is 2.69. The van der Waals surface area contributed by atoms with Crippen LogP contribution in [0.4, 0.5) is 0 Å². The molecule has 1 nitrogen and oxygen atoms in total. The second kappa shape index (κ2) is 7.50. The normalized spacial score (nSPS) is 11.4. The highest BCUT2D eigenvalue weighted by molar-refractivity contribution is 5.25. The van der Waals surface area contributed by atoms with E-state index in [2.05, 4.69) is 57.1 Å². The van der Waals surface area contributed by atoms with Crippen LogP contribution >= 0.6 is 0 Å². The molecule has 17 heavy (non-hydrogen) atoms. The van der Waals surface area contributed by atoms with E-state index in [0.717, 1.165) is 12.5 Å². The van der Waals surface area contributed by atoms with Gasteiger partial charge in [0.15, 0.2) is 0 Å². The van der Waals surface area contributed by atoms with Crippen LogP contribution in [0.5, 0.6) is 0 Å². The molecule has 0 atom stereocenters. The summed E-state index contributed by atoms with van der Waals surface area (Å²) in [6, 6.07) is 9.23. The monoisotopic (exact) mass is 233 g/mol. The number of benzene rings is 1. The maximum Gasteiger partial charge on any atom is 0.0227 e. The summed E-state index contributed by atoms with van der Waals surface area (Å²) in [6.07, 6.45) is 5.20. The van der Waals surface area contributed by atoms with Gasteiger partial charge >= 0.3 is 0 Å². The van der Waals surface area contributed by atoms with Crippen LogP contribution in [-0.4, -0.2) is 19.0 Å². The first-order chi connectivity index (χ1) is 8.17. The molecule has 1 rings (SSSR count). The summed E-state index contributed by atoms with van der Waals surface area (Å²) < 4.78 is 0. The summed E-state index contributed by atoms with van der Waals surface area (Å²) in [5.41, 5.74) is 2.93. The van der Waals surface area contributed by atoms with Crippen LogP contribution in [0.15, 0.2) is 24.3 Å². The van der Waals surface area contributed by atoms with Crippen LogP contribution in [0.3, 0.4) is 0 Å². The minimum Gasteiger partial charge on any atom is -0.305 e. The summed E-state index contributed by atoms with van der Waals surface area (Å²) in [4.78, 5) is 2.21. The number of rotatable bonds is 7. The van der Waals surface area contributed by atoms with Crippen LogP contribution < -0.4 is 0 Å². The predicted octanol–water partition coefficient (Wildman–Crippen LogP) is 4.43. The van der Waals surface area contributed by atoms with Crippen molar-refractivity contribution in [2.24, 2.45) is 0 Å². The Kier molecular flexibility index (Phi) is 6.28. The largest absolute Gasteiger partial charge is 0.305 e. The molecule has 0 aliphatic carbocycles.